The van der Waals surface area contributed by atoms with E-state index < -0.39 is 0 Å². The van der Waals surface area contributed by atoms with Crippen LogP contribution in [0.15, 0.2) is 46.9 Å². The second-order valence-electron chi connectivity index (χ2n) is 5.17. The molecule has 2 nitrogen and oxygen atoms in total. The van der Waals surface area contributed by atoms with E-state index in [1.807, 2.05) is 24.3 Å². The van der Waals surface area contributed by atoms with Crippen molar-refractivity contribution in [3.63, 3.8) is 0 Å². The van der Waals surface area contributed by atoms with Crippen LogP contribution in [-0.4, -0.2) is 19.3 Å². The Kier molecular flexibility index (Phi) is 4.84. The minimum absolute atomic E-state index is 0.197. The fourth-order valence-corrected chi connectivity index (χ4v) is 2.91. The van der Waals surface area contributed by atoms with Crippen LogP contribution in [-0.2, 0) is 11.2 Å². The van der Waals surface area contributed by atoms with E-state index in [4.69, 9.17) is 21.1 Å². The fraction of sp³-hybridized carbons (Fsp3) is 0.294. The van der Waals surface area contributed by atoms with Crippen LogP contribution in [0.3, 0.4) is 0 Å². The molecule has 0 saturated carbocycles. The molecular weight excluding hydrogens is 352 g/mol. The second kappa shape index (κ2) is 6.82. The predicted octanol–water partition coefficient (Wildman–Crippen LogP) is 4.86. The van der Waals surface area contributed by atoms with Crippen molar-refractivity contribution in [2.24, 2.45) is 0 Å². The molecule has 1 fully saturated rings. The minimum Gasteiger partial charge on any atom is -0.488 e. The van der Waals surface area contributed by atoms with Gasteiger partial charge in [-0.25, -0.2) is 0 Å². The zero-order chi connectivity index (χ0) is 14.7. The Morgan fingerprint density at radius 3 is 2.57 bits per heavy atom. The van der Waals surface area contributed by atoms with Crippen LogP contribution < -0.4 is 4.74 Å². The van der Waals surface area contributed by atoms with Crippen LogP contribution in [0.2, 0.25) is 5.02 Å². The van der Waals surface area contributed by atoms with E-state index in [9.17, 15) is 0 Å². The molecule has 2 aromatic carbocycles. The first-order valence-electron chi connectivity index (χ1n) is 6.98. The zero-order valence-electron chi connectivity index (χ0n) is 11.5. The summed E-state index contributed by atoms with van der Waals surface area (Å²) >= 11 is 9.47. The van der Waals surface area contributed by atoms with E-state index in [0.29, 0.717) is 6.61 Å². The van der Waals surface area contributed by atoms with Crippen molar-refractivity contribution in [2.75, 3.05) is 13.2 Å². The summed E-state index contributed by atoms with van der Waals surface area (Å²) in [6.07, 6.45) is 2.05. The zero-order valence-corrected chi connectivity index (χ0v) is 13.9. The van der Waals surface area contributed by atoms with Crippen LogP contribution in [0.25, 0.3) is 0 Å². The van der Waals surface area contributed by atoms with Gasteiger partial charge in [0.1, 0.15) is 11.9 Å². The van der Waals surface area contributed by atoms with E-state index in [1.165, 1.54) is 11.1 Å². The second-order valence-corrected chi connectivity index (χ2v) is 6.43. The summed E-state index contributed by atoms with van der Waals surface area (Å²) in [4.78, 5) is 0. The van der Waals surface area contributed by atoms with Gasteiger partial charge in [0.15, 0.2) is 0 Å². The first-order chi connectivity index (χ1) is 10.2. The average Bonchev–Trinajstić information content (AvgIpc) is 2.98. The number of rotatable bonds is 4. The largest absolute Gasteiger partial charge is 0.488 e. The molecular formula is C17H16BrClO2. The molecule has 0 N–H and O–H groups in total. The van der Waals surface area contributed by atoms with Gasteiger partial charge < -0.3 is 9.47 Å². The summed E-state index contributed by atoms with van der Waals surface area (Å²) in [7, 11) is 0. The van der Waals surface area contributed by atoms with Crippen LogP contribution in [0.1, 0.15) is 17.5 Å². The van der Waals surface area contributed by atoms with Crippen molar-refractivity contribution in [3.8, 4) is 5.75 Å². The molecule has 1 heterocycles. The Balaban J connectivity index is 1.64. The lowest BCUT2D eigenvalue weighted by molar-refractivity contribution is 0.141. The van der Waals surface area contributed by atoms with Crippen molar-refractivity contribution in [1.29, 1.82) is 0 Å². The van der Waals surface area contributed by atoms with Crippen molar-refractivity contribution < 1.29 is 9.47 Å². The van der Waals surface area contributed by atoms with E-state index in [0.717, 1.165) is 34.7 Å². The fourth-order valence-electron chi connectivity index (χ4n) is 2.37. The highest BCUT2D eigenvalue weighted by Gasteiger charge is 2.16. The molecule has 21 heavy (non-hydrogen) atoms. The quantitative estimate of drug-likeness (QED) is 0.768. The predicted molar refractivity (Wildman–Crippen MR) is 88.3 cm³/mol. The first kappa shape index (κ1) is 14.9. The summed E-state index contributed by atoms with van der Waals surface area (Å²) in [5.74, 6) is 0.909. The Hall–Kier alpha value is -1.03. The molecule has 3 rings (SSSR count). The van der Waals surface area contributed by atoms with Gasteiger partial charge in [-0.2, -0.15) is 0 Å². The molecule has 0 amide bonds. The van der Waals surface area contributed by atoms with Gasteiger partial charge in [0.2, 0.25) is 0 Å². The standard InChI is InChI=1S/C17H16BrClO2/c18-16-10-13(3-6-17(16)19)9-12-1-4-14(5-2-12)21-15-7-8-20-11-15/h1-6,10,15H,7-9,11H2/t15-/m0/s1. The van der Waals surface area contributed by atoms with Crippen molar-refractivity contribution in [3.05, 3.63) is 63.1 Å². The van der Waals surface area contributed by atoms with Crippen LogP contribution in [0, 0.1) is 0 Å². The van der Waals surface area contributed by atoms with Gasteiger partial charge >= 0.3 is 0 Å². The maximum absolute atomic E-state index is 6.01. The smallest absolute Gasteiger partial charge is 0.124 e. The minimum atomic E-state index is 0.197. The highest BCUT2D eigenvalue weighted by Crippen LogP contribution is 2.25. The molecule has 0 aromatic heterocycles. The number of hydrogen-bond acceptors (Lipinski definition) is 2. The topological polar surface area (TPSA) is 18.5 Å². The molecule has 0 aliphatic carbocycles. The highest BCUT2D eigenvalue weighted by atomic mass is 79.9. The van der Waals surface area contributed by atoms with E-state index in [1.54, 1.807) is 0 Å². The van der Waals surface area contributed by atoms with E-state index in [-0.39, 0.29) is 6.10 Å². The third-order valence-corrected chi connectivity index (χ3v) is 4.72. The van der Waals surface area contributed by atoms with Crippen molar-refractivity contribution in [1.82, 2.24) is 0 Å². The molecule has 1 aliphatic heterocycles. The molecule has 110 valence electrons. The SMILES string of the molecule is Clc1ccc(Cc2ccc(O[C@H]3CCOC3)cc2)cc1Br. The molecule has 0 unspecified atom stereocenters. The molecule has 0 radical (unpaired) electrons. The van der Waals surface area contributed by atoms with Crippen LogP contribution in [0.4, 0.5) is 0 Å². The summed E-state index contributed by atoms with van der Waals surface area (Å²) in [5, 5.41) is 0.737. The lowest BCUT2D eigenvalue weighted by Crippen LogP contribution is -2.15. The van der Waals surface area contributed by atoms with Gasteiger partial charge in [0.05, 0.1) is 18.2 Å². The molecule has 1 aliphatic rings. The Morgan fingerprint density at radius 1 is 1.14 bits per heavy atom. The maximum atomic E-state index is 6.01. The molecule has 2 aromatic rings. The van der Waals surface area contributed by atoms with Gasteiger partial charge in [0.25, 0.3) is 0 Å². The van der Waals surface area contributed by atoms with Gasteiger partial charge in [-0.15, -0.1) is 0 Å². The van der Waals surface area contributed by atoms with Crippen LogP contribution >= 0.6 is 27.5 Å². The number of hydrogen-bond donors (Lipinski definition) is 0. The first-order valence-corrected chi connectivity index (χ1v) is 8.15. The number of ether oxygens (including phenoxy) is 2. The van der Waals surface area contributed by atoms with Gasteiger partial charge in [-0.05, 0) is 57.7 Å². The summed E-state index contributed by atoms with van der Waals surface area (Å²) < 4.78 is 12.1. The number of halogens is 2. The van der Waals surface area contributed by atoms with Crippen LogP contribution in [0.5, 0.6) is 5.75 Å². The Labute approximate surface area is 138 Å². The molecule has 1 saturated heterocycles. The molecule has 0 bridgehead atoms. The monoisotopic (exact) mass is 366 g/mol. The van der Waals surface area contributed by atoms with E-state index in [2.05, 4.69) is 34.1 Å². The summed E-state index contributed by atoms with van der Waals surface area (Å²) in [5.41, 5.74) is 2.48. The summed E-state index contributed by atoms with van der Waals surface area (Å²) in [6, 6.07) is 14.3. The molecule has 4 heteroatoms. The third-order valence-electron chi connectivity index (χ3n) is 3.51. The van der Waals surface area contributed by atoms with Gasteiger partial charge in [-0.3, -0.25) is 0 Å². The number of benzene rings is 2. The molecule has 1 atom stereocenters. The maximum Gasteiger partial charge on any atom is 0.124 e. The lowest BCUT2D eigenvalue weighted by atomic mass is 10.1. The lowest BCUT2D eigenvalue weighted by Gasteiger charge is -2.12. The average molecular weight is 368 g/mol. The Bertz CT molecular complexity index is 607. The van der Waals surface area contributed by atoms with Gasteiger partial charge in [-0.1, -0.05) is 29.8 Å². The van der Waals surface area contributed by atoms with Crippen molar-refractivity contribution >= 4 is 27.5 Å². The Morgan fingerprint density at radius 2 is 1.90 bits per heavy atom. The van der Waals surface area contributed by atoms with Gasteiger partial charge in [0, 0.05) is 10.9 Å². The highest BCUT2D eigenvalue weighted by molar-refractivity contribution is 9.10. The third kappa shape index (κ3) is 4.00. The molecule has 0 spiro atoms. The van der Waals surface area contributed by atoms with Crippen molar-refractivity contribution in [2.45, 2.75) is 18.9 Å². The summed E-state index contributed by atoms with van der Waals surface area (Å²) in [6.45, 7) is 1.49. The normalized spacial score (nSPS) is 17.9. The van der Waals surface area contributed by atoms with E-state index >= 15 is 0 Å².